The van der Waals surface area contributed by atoms with Crippen LogP contribution < -0.4 is 15.0 Å². The zero-order valence-corrected chi connectivity index (χ0v) is 26.5. The topological polar surface area (TPSA) is 104 Å². The van der Waals surface area contributed by atoms with Gasteiger partial charge in [0.25, 0.3) is 5.91 Å². The molecule has 236 valence electrons. The Morgan fingerprint density at radius 3 is 2.54 bits per heavy atom. The lowest BCUT2D eigenvalue weighted by Gasteiger charge is -2.45. The molecule has 3 aliphatic rings. The lowest BCUT2D eigenvalue weighted by atomic mass is 9.74. The number of nitrogens with zero attached hydrogens (tertiary/aromatic N) is 6. The second-order valence-electron chi connectivity index (χ2n) is 13.0. The molecule has 5 heterocycles. The lowest BCUT2D eigenvalue weighted by Crippen LogP contribution is -2.49. The first kappa shape index (κ1) is 29.7. The van der Waals surface area contributed by atoms with E-state index in [1.165, 1.54) is 11.9 Å². The van der Waals surface area contributed by atoms with Crippen molar-refractivity contribution in [2.75, 3.05) is 43.5 Å². The molecule has 0 spiro atoms. The zero-order chi connectivity index (χ0) is 31.8. The zero-order valence-electron chi connectivity index (χ0n) is 26.5. The summed E-state index contributed by atoms with van der Waals surface area (Å²) in [6, 6.07) is 19.8. The van der Waals surface area contributed by atoms with Gasteiger partial charge >= 0.3 is 6.03 Å². The van der Waals surface area contributed by atoms with E-state index in [1.54, 1.807) is 19.5 Å². The van der Waals surface area contributed by atoms with Crippen LogP contribution in [0, 0.1) is 0 Å². The number of carbonyl (C=O) groups is 2. The van der Waals surface area contributed by atoms with Gasteiger partial charge in [0.15, 0.2) is 0 Å². The fraction of sp³-hybridized carbons (Fsp3) is 0.361. The highest BCUT2D eigenvalue weighted by atomic mass is 16.5. The van der Waals surface area contributed by atoms with Gasteiger partial charge in [-0.1, -0.05) is 38.1 Å². The van der Waals surface area contributed by atoms with Crippen molar-refractivity contribution < 1.29 is 14.3 Å². The van der Waals surface area contributed by atoms with Crippen LogP contribution in [0.5, 0.6) is 5.75 Å². The fourth-order valence-corrected chi connectivity index (χ4v) is 7.31. The van der Waals surface area contributed by atoms with E-state index in [0.717, 1.165) is 66.3 Å². The van der Waals surface area contributed by atoms with Crippen molar-refractivity contribution in [3.8, 4) is 5.75 Å². The van der Waals surface area contributed by atoms with Gasteiger partial charge in [0.1, 0.15) is 23.6 Å². The van der Waals surface area contributed by atoms with Crippen molar-refractivity contribution in [2.45, 2.75) is 50.6 Å². The van der Waals surface area contributed by atoms with Gasteiger partial charge in [0.2, 0.25) is 0 Å². The number of urea groups is 1. The molecule has 1 N–H and O–H groups in total. The van der Waals surface area contributed by atoms with E-state index in [9.17, 15) is 9.59 Å². The molecule has 1 unspecified atom stereocenters. The summed E-state index contributed by atoms with van der Waals surface area (Å²) >= 11 is 0. The SMILES string of the molecule is COc1ccc2c(c1)CCN(C1CCN(c3cc(C(=O)N4CC(C)(C)c5ccccc5C4c4ccncc4)ncn3)CC1)C(=O)N2. The highest BCUT2D eigenvalue weighted by Gasteiger charge is 2.41. The van der Waals surface area contributed by atoms with Crippen LogP contribution in [-0.2, 0) is 11.8 Å². The van der Waals surface area contributed by atoms with Crippen LogP contribution in [-0.4, -0.2) is 76.0 Å². The fourth-order valence-electron chi connectivity index (χ4n) is 7.31. The molecule has 4 aromatic rings. The number of methoxy groups -OCH3 is 1. The largest absolute Gasteiger partial charge is 0.497 e. The normalized spacial score (nSPS) is 19.5. The number of piperidine rings is 1. The molecule has 1 fully saturated rings. The van der Waals surface area contributed by atoms with Crippen molar-refractivity contribution in [1.82, 2.24) is 24.8 Å². The van der Waals surface area contributed by atoms with Gasteiger partial charge in [0.05, 0.1) is 13.2 Å². The first-order valence-electron chi connectivity index (χ1n) is 15.9. The number of aromatic nitrogens is 3. The summed E-state index contributed by atoms with van der Waals surface area (Å²) in [4.78, 5) is 46.9. The monoisotopic (exact) mass is 617 g/mol. The maximum atomic E-state index is 14.3. The van der Waals surface area contributed by atoms with E-state index < -0.39 is 0 Å². The van der Waals surface area contributed by atoms with Crippen LogP contribution in [0.1, 0.15) is 65.5 Å². The number of pyridine rings is 1. The number of rotatable bonds is 5. The number of amides is 3. The molecule has 0 bridgehead atoms. The van der Waals surface area contributed by atoms with Gasteiger partial charge in [-0.25, -0.2) is 14.8 Å². The molecule has 1 atom stereocenters. The number of fused-ring (bicyclic) bond motifs is 2. The van der Waals surface area contributed by atoms with Crippen molar-refractivity contribution in [3.05, 3.63) is 107 Å². The van der Waals surface area contributed by atoms with E-state index >= 15 is 0 Å². The molecule has 1 saturated heterocycles. The summed E-state index contributed by atoms with van der Waals surface area (Å²) in [5.74, 6) is 1.40. The van der Waals surface area contributed by atoms with E-state index in [4.69, 9.17) is 4.74 Å². The predicted molar refractivity (Wildman–Crippen MR) is 176 cm³/mol. The highest BCUT2D eigenvalue weighted by Crippen LogP contribution is 2.43. The Bertz CT molecular complexity index is 1750. The Labute approximate surface area is 269 Å². The molecule has 10 nitrogen and oxygen atoms in total. The molecule has 2 aromatic carbocycles. The summed E-state index contributed by atoms with van der Waals surface area (Å²) in [6.07, 6.45) is 7.42. The van der Waals surface area contributed by atoms with Crippen molar-refractivity contribution in [3.63, 3.8) is 0 Å². The number of ether oxygens (including phenoxy) is 1. The molecule has 0 radical (unpaired) electrons. The molecule has 7 rings (SSSR count). The van der Waals surface area contributed by atoms with Gasteiger partial charge in [0, 0.05) is 61.8 Å². The minimum absolute atomic E-state index is 0.0629. The Morgan fingerprint density at radius 2 is 1.76 bits per heavy atom. The lowest BCUT2D eigenvalue weighted by molar-refractivity contribution is 0.0630. The Balaban J connectivity index is 1.08. The van der Waals surface area contributed by atoms with Crippen LogP contribution in [0.3, 0.4) is 0 Å². The number of benzene rings is 2. The van der Waals surface area contributed by atoms with Crippen LogP contribution in [0.2, 0.25) is 0 Å². The summed E-state index contributed by atoms with van der Waals surface area (Å²) < 4.78 is 5.38. The van der Waals surface area contributed by atoms with Crippen LogP contribution >= 0.6 is 0 Å². The second-order valence-corrected chi connectivity index (χ2v) is 13.0. The number of hydrogen-bond donors (Lipinski definition) is 1. The highest BCUT2D eigenvalue weighted by molar-refractivity contribution is 5.94. The van der Waals surface area contributed by atoms with Gasteiger partial charge in [-0.05, 0) is 71.8 Å². The molecular weight excluding hydrogens is 578 g/mol. The van der Waals surface area contributed by atoms with Crippen LogP contribution in [0.4, 0.5) is 16.3 Å². The predicted octanol–water partition coefficient (Wildman–Crippen LogP) is 5.46. The van der Waals surface area contributed by atoms with Gasteiger partial charge in [-0.15, -0.1) is 0 Å². The van der Waals surface area contributed by atoms with E-state index in [-0.39, 0.29) is 29.4 Å². The molecular formula is C36H39N7O3. The number of nitrogens with one attached hydrogen (secondary N) is 1. The van der Waals surface area contributed by atoms with E-state index in [1.807, 2.05) is 52.3 Å². The Hall–Kier alpha value is -4.99. The molecule has 10 heteroatoms. The first-order chi connectivity index (χ1) is 22.3. The maximum Gasteiger partial charge on any atom is 0.322 e. The summed E-state index contributed by atoms with van der Waals surface area (Å²) in [5.41, 5.74) is 5.45. The standard InChI is InChI=1S/C36H39N7O3/c1-36(2)22-43(33(24-10-15-37-16-11-24)28-6-4-5-7-29(28)36)34(44)31-21-32(39-23-38-31)41-17-13-26(14-18-41)42-19-12-25-20-27(46-3)8-9-30(25)40-35(42)45/h4-11,15-16,20-21,23,26,33H,12-14,17-19,22H2,1-3H3,(H,40,45). The average molecular weight is 618 g/mol. The first-order valence-corrected chi connectivity index (χ1v) is 15.9. The molecule has 0 saturated carbocycles. The average Bonchev–Trinajstić information content (AvgIpc) is 3.25. The van der Waals surface area contributed by atoms with Crippen LogP contribution in [0.25, 0.3) is 0 Å². The maximum absolute atomic E-state index is 14.3. The number of anilines is 2. The Kier molecular flexibility index (Phi) is 7.80. The molecule has 3 aliphatic heterocycles. The summed E-state index contributed by atoms with van der Waals surface area (Å²) in [7, 11) is 1.65. The quantitative estimate of drug-likeness (QED) is 0.317. The molecule has 46 heavy (non-hydrogen) atoms. The number of hydrogen-bond acceptors (Lipinski definition) is 7. The second kappa shape index (κ2) is 12.1. The molecule has 0 aliphatic carbocycles. The minimum Gasteiger partial charge on any atom is -0.497 e. The third-order valence-corrected chi connectivity index (χ3v) is 9.68. The smallest absolute Gasteiger partial charge is 0.322 e. The van der Waals surface area contributed by atoms with Gasteiger partial charge in [-0.2, -0.15) is 0 Å². The number of carbonyl (C=O) groups excluding carboxylic acids is 2. The summed E-state index contributed by atoms with van der Waals surface area (Å²) in [6.45, 7) is 7.02. The summed E-state index contributed by atoms with van der Waals surface area (Å²) in [5, 5.41) is 3.09. The van der Waals surface area contributed by atoms with Crippen molar-refractivity contribution in [2.24, 2.45) is 0 Å². The van der Waals surface area contributed by atoms with Gasteiger partial charge in [-0.3, -0.25) is 9.78 Å². The van der Waals surface area contributed by atoms with Crippen molar-refractivity contribution in [1.29, 1.82) is 0 Å². The van der Waals surface area contributed by atoms with E-state index in [2.05, 4.69) is 57.2 Å². The van der Waals surface area contributed by atoms with E-state index in [0.29, 0.717) is 18.8 Å². The molecule has 3 amide bonds. The third kappa shape index (κ3) is 5.52. The van der Waals surface area contributed by atoms with Gasteiger partial charge < -0.3 is 24.8 Å². The van der Waals surface area contributed by atoms with Crippen LogP contribution in [0.15, 0.2) is 79.4 Å². The minimum atomic E-state index is -0.249. The third-order valence-electron chi connectivity index (χ3n) is 9.68. The Morgan fingerprint density at radius 1 is 0.978 bits per heavy atom. The van der Waals surface area contributed by atoms with Crippen molar-refractivity contribution >= 4 is 23.4 Å². The molecule has 2 aromatic heterocycles.